The highest BCUT2D eigenvalue weighted by Gasteiger charge is 2.49. The van der Waals surface area contributed by atoms with Crippen molar-refractivity contribution in [2.24, 2.45) is 11.8 Å². The van der Waals surface area contributed by atoms with E-state index in [1.165, 1.54) is 0 Å². The number of ketones is 1. The first-order chi connectivity index (χ1) is 15.3. The third-order valence-corrected chi connectivity index (χ3v) is 6.21. The van der Waals surface area contributed by atoms with Crippen LogP contribution in [0.2, 0.25) is 10.6 Å². The number of Topliss-reactive ketones (excluding diaryl/α,β-unsaturated/α-hetero) is 1. The molecule has 172 valence electrons. The molecule has 2 unspecified atom stereocenters. The lowest BCUT2D eigenvalue weighted by Crippen LogP contribution is -2.53. The molecule has 4 atom stereocenters. The van der Waals surface area contributed by atoms with Gasteiger partial charge in [0.25, 0.3) is 0 Å². The second-order valence-electron chi connectivity index (χ2n) is 8.58. The molecule has 0 saturated carbocycles. The fourth-order valence-corrected chi connectivity index (χ4v) is 4.44. The van der Waals surface area contributed by atoms with Crippen molar-refractivity contribution in [3.05, 3.63) is 35.1 Å². The van der Waals surface area contributed by atoms with E-state index in [1.807, 2.05) is 9.80 Å². The van der Waals surface area contributed by atoms with E-state index in [2.05, 4.69) is 47.6 Å². The predicted molar refractivity (Wildman–Crippen MR) is 121 cm³/mol. The van der Waals surface area contributed by atoms with Crippen molar-refractivity contribution >= 4 is 40.6 Å². The van der Waals surface area contributed by atoms with Gasteiger partial charge in [0.2, 0.25) is 16.4 Å². The molecule has 2 aliphatic heterocycles. The van der Waals surface area contributed by atoms with Crippen LogP contribution >= 0.6 is 23.2 Å². The van der Waals surface area contributed by atoms with E-state index in [0.717, 1.165) is 0 Å². The molecule has 4 rings (SSSR count). The summed E-state index contributed by atoms with van der Waals surface area (Å²) in [6.45, 7) is 9.07. The molecular formula is C21H26Cl2N6O3. The van der Waals surface area contributed by atoms with Gasteiger partial charge in [0.15, 0.2) is 12.5 Å². The second kappa shape index (κ2) is 9.43. The molecule has 11 heteroatoms. The minimum atomic E-state index is -0.885. The minimum Gasteiger partial charge on any atom is -0.349 e. The van der Waals surface area contributed by atoms with E-state index in [4.69, 9.17) is 32.7 Å². The van der Waals surface area contributed by atoms with Gasteiger partial charge in [-0.1, -0.05) is 27.7 Å². The Morgan fingerprint density at radius 2 is 1.28 bits per heavy atom. The van der Waals surface area contributed by atoms with Crippen LogP contribution in [0.25, 0.3) is 0 Å². The number of carbonyl (C=O) groups is 1. The minimum absolute atomic E-state index is 0.0563. The van der Waals surface area contributed by atoms with E-state index in [9.17, 15) is 4.79 Å². The van der Waals surface area contributed by atoms with Gasteiger partial charge in [0.1, 0.15) is 11.6 Å². The van der Waals surface area contributed by atoms with Gasteiger partial charge in [-0.2, -0.15) is 0 Å². The van der Waals surface area contributed by atoms with Gasteiger partial charge in [-0.25, -0.2) is 19.9 Å². The summed E-state index contributed by atoms with van der Waals surface area (Å²) in [6.07, 6.45) is 1.36. The molecule has 4 heterocycles. The van der Waals surface area contributed by atoms with Crippen LogP contribution in [0, 0.1) is 11.8 Å². The van der Waals surface area contributed by atoms with Crippen molar-refractivity contribution in [2.75, 3.05) is 23.0 Å². The highest BCUT2D eigenvalue weighted by molar-refractivity contribution is 6.28. The molecular weight excluding hydrogens is 455 g/mol. The van der Waals surface area contributed by atoms with Gasteiger partial charge in [0, 0.05) is 12.4 Å². The Morgan fingerprint density at radius 3 is 1.62 bits per heavy atom. The fourth-order valence-electron chi connectivity index (χ4n) is 4.16. The van der Waals surface area contributed by atoms with Crippen LogP contribution < -0.4 is 9.80 Å². The van der Waals surface area contributed by atoms with Crippen molar-refractivity contribution in [2.45, 2.75) is 52.2 Å². The van der Waals surface area contributed by atoms with Gasteiger partial charge in [-0.3, -0.25) is 4.79 Å². The number of hydrogen-bond acceptors (Lipinski definition) is 9. The summed E-state index contributed by atoms with van der Waals surface area (Å²) in [5, 5.41) is 0.217. The molecule has 0 N–H and O–H groups in total. The smallest absolute Gasteiger partial charge is 0.231 e. The van der Waals surface area contributed by atoms with Crippen LogP contribution in [0.5, 0.6) is 0 Å². The lowest BCUT2D eigenvalue weighted by atomic mass is 10.0. The first-order valence-corrected chi connectivity index (χ1v) is 11.3. The first kappa shape index (κ1) is 23.1. The fraction of sp³-hybridized carbons (Fsp3) is 0.571. The Labute approximate surface area is 197 Å². The number of carbonyl (C=O) groups excluding carboxylic acids is 1. The molecule has 2 fully saturated rings. The molecule has 2 aliphatic rings. The van der Waals surface area contributed by atoms with Crippen molar-refractivity contribution in [3.63, 3.8) is 0 Å². The molecule has 9 nitrogen and oxygen atoms in total. The highest BCUT2D eigenvalue weighted by atomic mass is 35.5. The molecule has 0 bridgehead atoms. The number of rotatable bonds is 6. The zero-order valence-corrected chi connectivity index (χ0v) is 19.9. The topological polar surface area (TPSA) is 93.6 Å². The monoisotopic (exact) mass is 480 g/mol. The third kappa shape index (κ3) is 4.39. The maximum Gasteiger partial charge on any atom is 0.231 e. The average molecular weight is 481 g/mol. The number of ether oxygens (including phenoxy) is 2. The van der Waals surface area contributed by atoms with Crippen LogP contribution in [0.15, 0.2) is 24.5 Å². The van der Waals surface area contributed by atoms with Gasteiger partial charge in [-0.05, 0) is 47.2 Å². The van der Waals surface area contributed by atoms with E-state index in [1.54, 1.807) is 24.5 Å². The van der Waals surface area contributed by atoms with Gasteiger partial charge < -0.3 is 19.3 Å². The Morgan fingerprint density at radius 1 is 0.875 bits per heavy atom. The number of anilines is 2. The summed E-state index contributed by atoms with van der Waals surface area (Å²) in [4.78, 5) is 34.2. The van der Waals surface area contributed by atoms with Crippen LogP contribution in [-0.2, 0) is 14.3 Å². The van der Waals surface area contributed by atoms with Crippen molar-refractivity contribution < 1.29 is 14.3 Å². The number of halogens is 2. The Hall–Kier alpha value is -2.07. The first-order valence-electron chi connectivity index (χ1n) is 10.6. The van der Waals surface area contributed by atoms with Crippen molar-refractivity contribution in [3.8, 4) is 0 Å². The van der Waals surface area contributed by atoms with Crippen LogP contribution in [0.1, 0.15) is 27.7 Å². The quantitative estimate of drug-likeness (QED) is 0.577. The zero-order chi connectivity index (χ0) is 23.0. The molecule has 0 spiro atoms. The summed E-state index contributed by atoms with van der Waals surface area (Å²) in [5.74, 6) is 1.27. The summed E-state index contributed by atoms with van der Waals surface area (Å²) in [6, 6.07) is 3.34. The van der Waals surface area contributed by atoms with Gasteiger partial charge >= 0.3 is 0 Å². The lowest BCUT2D eigenvalue weighted by Gasteiger charge is -2.34. The van der Waals surface area contributed by atoms with E-state index in [0.29, 0.717) is 24.8 Å². The molecule has 0 aliphatic carbocycles. The lowest BCUT2D eigenvalue weighted by molar-refractivity contribution is -0.136. The summed E-state index contributed by atoms with van der Waals surface area (Å²) >= 11 is 12.1. The number of aromatic nitrogens is 4. The molecule has 0 aromatic carbocycles. The third-order valence-electron chi connectivity index (χ3n) is 5.85. The summed E-state index contributed by atoms with van der Waals surface area (Å²) < 4.78 is 12.0. The van der Waals surface area contributed by atoms with E-state index >= 15 is 0 Å². The molecule has 2 saturated heterocycles. The Bertz CT molecular complexity index is 903. The van der Waals surface area contributed by atoms with Crippen LogP contribution in [0.4, 0.5) is 11.6 Å². The summed E-state index contributed by atoms with van der Waals surface area (Å²) in [7, 11) is 0. The molecule has 0 amide bonds. The van der Waals surface area contributed by atoms with E-state index in [-0.39, 0.29) is 40.3 Å². The standard InChI is InChI=1S/C21H26Cl2N6O3/c1-11(2)13-9-31-18(28(13)15-5-7-24-20(22)26-15)17(30)19-29(14(10-32-19)12(3)4)16-6-8-25-21(23)27-16/h5-8,11-14,18-19H,9-10H2,1-4H3/t13-,14-,18?,19?/m1/s1. The Balaban J connectivity index is 1.69. The van der Waals surface area contributed by atoms with Crippen LogP contribution in [0.3, 0.4) is 0 Å². The largest absolute Gasteiger partial charge is 0.349 e. The molecule has 2 aromatic rings. The van der Waals surface area contributed by atoms with E-state index < -0.39 is 12.5 Å². The highest BCUT2D eigenvalue weighted by Crippen LogP contribution is 2.34. The summed E-state index contributed by atoms with van der Waals surface area (Å²) in [5.41, 5.74) is 0. The average Bonchev–Trinajstić information content (AvgIpc) is 3.38. The second-order valence-corrected chi connectivity index (χ2v) is 9.25. The SMILES string of the molecule is CC(C)[C@H]1COC(C(=O)C2OC[C@H](C(C)C)N2c2ccnc(Cl)n2)N1c1ccnc(Cl)n1. The predicted octanol–water partition coefficient (Wildman–Crippen LogP) is 3.22. The Kier molecular flexibility index (Phi) is 6.80. The number of nitrogens with zero attached hydrogens (tertiary/aromatic N) is 6. The molecule has 2 aromatic heterocycles. The van der Waals surface area contributed by atoms with Gasteiger partial charge in [-0.15, -0.1) is 0 Å². The van der Waals surface area contributed by atoms with Crippen molar-refractivity contribution in [1.29, 1.82) is 0 Å². The maximum absolute atomic E-state index is 13.8. The zero-order valence-electron chi connectivity index (χ0n) is 18.4. The number of hydrogen-bond donors (Lipinski definition) is 0. The normalized spacial score (nSPS) is 25.9. The maximum atomic E-state index is 13.8. The van der Waals surface area contributed by atoms with Crippen LogP contribution in [-0.4, -0.2) is 63.5 Å². The molecule has 32 heavy (non-hydrogen) atoms. The molecule has 0 radical (unpaired) electrons. The van der Waals surface area contributed by atoms with Crippen molar-refractivity contribution in [1.82, 2.24) is 19.9 Å². The van der Waals surface area contributed by atoms with Gasteiger partial charge in [0.05, 0.1) is 25.3 Å².